The normalized spacial score (nSPS) is 22.2. The molecule has 0 atom stereocenters. The van der Waals surface area contributed by atoms with Gasteiger partial charge in [-0.1, -0.05) is 30.3 Å². The number of benzene rings is 1. The van der Waals surface area contributed by atoms with Gasteiger partial charge in [0.25, 0.3) is 0 Å². The molecule has 1 saturated heterocycles. The Bertz CT molecular complexity index is 334. The van der Waals surface area contributed by atoms with E-state index in [4.69, 9.17) is 12.2 Å². The van der Waals surface area contributed by atoms with Gasteiger partial charge in [-0.3, -0.25) is 0 Å². The summed E-state index contributed by atoms with van der Waals surface area (Å²) in [4.78, 5) is 0. The summed E-state index contributed by atoms with van der Waals surface area (Å²) in [6.07, 6.45) is 2.26. The first-order valence-electron chi connectivity index (χ1n) is 5.69. The average molecular weight is 254 g/mol. The predicted octanol–water partition coefficient (Wildman–Crippen LogP) is 2.76. The lowest BCUT2D eigenvalue weighted by Crippen LogP contribution is -2.38. The van der Waals surface area contributed by atoms with Crippen LogP contribution in [0.25, 0.3) is 0 Å². The maximum absolute atomic E-state index is 5.94. The molecular formula is C12H19N2PS. The fraction of sp³-hybridized carbons (Fsp3) is 0.500. The van der Waals surface area contributed by atoms with Crippen LogP contribution in [0.15, 0.2) is 30.3 Å². The van der Waals surface area contributed by atoms with Crippen LogP contribution in [0.3, 0.4) is 0 Å². The van der Waals surface area contributed by atoms with Crippen LogP contribution in [0, 0.1) is 0 Å². The van der Waals surface area contributed by atoms with E-state index in [0.29, 0.717) is 0 Å². The third-order valence-electron chi connectivity index (χ3n) is 3.26. The molecule has 2 rings (SSSR count). The smallest absolute Gasteiger partial charge is 0.0965 e. The second kappa shape index (κ2) is 5.05. The molecule has 0 unspecified atom stereocenters. The Morgan fingerprint density at radius 1 is 1.12 bits per heavy atom. The van der Waals surface area contributed by atoms with Gasteiger partial charge in [-0.25, -0.2) is 0 Å². The summed E-state index contributed by atoms with van der Waals surface area (Å²) < 4.78 is 4.80. The summed E-state index contributed by atoms with van der Waals surface area (Å²) in [5.41, 5.74) is 1.37. The SMILES string of the molecule is CN1CCCN(C)[P+]1([S-])Cc1ccccc1. The maximum atomic E-state index is 5.94. The van der Waals surface area contributed by atoms with Crippen molar-refractivity contribution in [2.24, 2.45) is 0 Å². The van der Waals surface area contributed by atoms with E-state index in [2.05, 4.69) is 53.8 Å². The highest BCUT2D eigenvalue weighted by molar-refractivity contribution is 8.39. The molecule has 88 valence electrons. The van der Waals surface area contributed by atoms with Gasteiger partial charge in [-0.05, 0) is 12.0 Å². The zero-order valence-electron chi connectivity index (χ0n) is 9.97. The molecule has 2 nitrogen and oxygen atoms in total. The van der Waals surface area contributed by atoms with Crippen molar-refractivity contribution < 1.29 is 0 Å². The Morgan fingerprint density at radius 3 is 2.25 bits per heavy atom. The first-order chi connectivity index (χ1) is 7.63. The van der Waals surface area contributed by atoms with Gasteiger partial charge in [0, 0.05) is 34.0 Å². The van der Waals surface area contributed by atoms with Gasteiger partial charge in [0.2, 0.25) is 0 Å². The number of hydrogen-bond donors (Lipinski definition) is 0. The molecule has 0 amide bonds. The average Bonchev–Trinajstić information content (AvgIpc) is 2.28. The van der Waals surface area contributed by atoms with Gasteiger partial charge in [0.1, 0.15) is 0 Å². The molecule has 1 fully saturated rings. The van der Waals surface area contributed by atoms with Crippen molar-refractivity contribution >= 4 is 19.0 Å². The second-order valence-corrected chi connectivity index (χ2v) is 9.19. The largest absolute Gasteiger partial charge is 0.518 e. The van der Waals surface area contributed by atoms with E-state index < -0.39 is 6.77 Å². The number of hydrogen-bond acceptors (Lipinski definition) is 3. The van der Waals surface area contributed by atoms with Crippen molar-refractivity contribution in [1.29, 1.82) is 0 Å². The van der Waals surface area contributed by atoms with Crippen LogP contribution in [0.2, 0.25) is 0 Å². The standard InChI is InChI=1S/C12H19N2PS/c1-13-9-6-10-14(2)15(13,16)11-12-7-4-3-5-8-12/h3-5,7-8H,6,9-11H2,1-2H3. The Balaban J connectivity index is 2.17. The summed E-state index contributed by atoms with van der Waals surface area (Å²) in [6.45, 7) is 0.777. The quantitative estimate of drug-likeness (QED) is 0.592. The van der Waals surface area contributed by atoms with Gasteiger partial charge < -0.3 is 12.2 Å². The molecule has 16 heavy (non-hydrogen) atoms. The van der Waals surface area contributed by atoms with Gasteiger partial charge in [0.15, 0.2) is 0 Å². The van der Waals surface area contributed by atoms with Crippen LogP contribution in [-0.4, -0.2) is 36.5 Å². The van der Waals surface area contributed by atoms with Crippen LogP contribution in [0.5, 0.6) is 0 Å². The fourth-order valence-electron chi connectivity index (χ4n) is 2.16. The molecule has 4 heteroatoms. The van der Waals surface area contributed by atoms with Crippen LogP contribution in [0.1, 0.15) is 12.0 Å². The molecule has 0 bridgehead atoms. The lowest BCUT2D eigenvalue weighted by Gasteiger charge is -2.48. The molecule has 0 aliphatic carbocycles. The summed E-state index contributed by atoms with van der Waals surface area (Å²) in [7, 11) is 4.36. The van der Waals surface area contributed by atoms with Crippen molar-refractivity contribution in [1.82, 2.24) is 9.34 Å². The minimum absolute atomic E-state index is 1.02. The highest BCUT2D eigenvalue weighted by Crippen LogP contribution is 2.65. The molecular weight excluding hydrogens is 235 g/mol. The van der Waals surface area contributed by atoms with Crippen molar-refractivity contribution in [2.75, 3.05) is 27.2 Å². The lowest BCUT2D eigenvalue weighted by molar-refractivity contribution is 0.378. The van der Waals surface area contributed by atoms with Crippen LogP contribution < -0.4 is 0 Å². The summed E-state index contributed by atoms with van der Waals surface area (Å²) in [6, 6.07) is 10.6. The van der Waals surface area contributed by atoms with E-state index in [1.807, 2.05) is 0 Å². The van der Waals surface area contributed by atoms with Crippen LogP contribution >= 0.6 is 6.77 Å². The van der Waals surface area contributed by atoms with Gasteiger partial charge in [0.05, 0.1) is 6.16 Å². The Morgan fingerprint density at radius 2 is 1.69 bits per heavy atom. The first kappa shape index (κ1) is 12.4. The molecule has 1 aromatic rings. The first-order valence-corrected chi connectivity index (χ1v) is 8.58. The minimum atomic E-state index is -1.52. The van der Waals surface area contributed by atoms with Crippen molar-refractivity contribution in [3.8, 4) is 0 Å². The summed E-state index contributed by atoms with van der Waals surface area (Å²) in [5.74, 6) is 0. The molecule has 1 heterocycles. The highest BCUT2D eigenvalue weighted by atomic mass is 32.7. The molecule has 0 aromatic heterocycles. The number of nitrogens with zero attached hydrogens (tertiary/aromatic N) is 2. The Labute approximate surface area is 104 Å². The van der Waals surface area contributed by atoms with E-state index >= 15 is 0 Å². The van der Waals surface area contributed by atoms with E-state index in [1.165, 1.54) is 12.0 Å². The summed E-state index contributed by atoms with van der Waals surface area (Å²) in [5, 5.41) is 0. The highest BCUT2D eigenvalue weighted by Gasteiger charge is 2.37. The molecule has 1 aliphatic rings. The van der Waals surface area contributed by atoms with Crippen LogP contribution in [-0.2, 0) is 18.4 Å². The van der Waals surface area contributed by atoms with Crippen molar-refractivity contribution in [3.05, 3.63) is 35.9 Å². The van der Waals surface area contributed by atoms with Gasteiger partial charge in [-0.2, -0.15) is 9.34 Å². The summed E-state index contributed by atoms with van der Waals surface area (Å²) >= 11 is 5.94. The molecule has 1 aliphatic heterocycles. The fourth-order valence-corrected chi connectivity index (χ4v) is 5.70. The zero-order chi connectivity index (χ0) is 11.6. The second-order valence-electron chi connectivity index (χ2n) is 4.42. The molecule has 0 saturated carbocycles. The molecule has 0 spiro atoms. The predicted molar refractivity (Wildman–Crippen MR) is 74.3 cm³/mol. The topological polar surface area (TPSA) is 6.48 Å². The van der Waals surface area contributed by atoms with Crippen molar-refractivity contribution in [2.45, 2.75) is 12.6 Å². The minimum Gasteiger partial charge on any atom is -0.518 e. The van der Waals surface area contributed by atoms with Crippen LogP contribution in [0.4, 0.5) is 0 Å². The number of rotatable bonds is 2. The third-order valence-corrected chi connectivity index (χ3v) is 8.63. The monoisotopic (exact) mass is 254 g/mol. The van der Waals surface area contributed by atoms with Gasteiger partial charge >= 0.3 is 0 Å². The third kappa shape index (κ3) is 2.43. The Kier molecular flexibility index (Phi) is 3.91. The zero-order valence-corrected chi connectivity index (χ0v) is 11.7. The molecule has 0 N–H and O–H groups in total. The molecule has 1 aromatic carbocycles. The molecule has 0 radical (unpaired) electrons. The van der Waals surface area contributed by atoms with E-state index in [9.17, 15) is 0 Å². The van der Waals surface area contributed by atoms with E-state index in [-0.39, 0.29) is 0 Å². The van der Waals surface area contributed by atoms with Crippen molar-refractivity contribution in [3.63, 3.8) is 0 Å². The van der Waals surface area contributed by atoms with Gasteiger partial charge in [-0.15, -0.1) is 0 Å². The Hall–Kier alpha value is -0.0800. The lowest BCUT2D eigenvalue weighted by atomic mass is 10.2. The van der Waals surface area contributed by atoms with E-state index in [0.717, 1.165) is 19.3 Å². The maximum Gasteiger partial charge on any atom is 0.0965 e. The van der Waals surface area contributed by atoms with E-state index in [1.54, 1.807) is 0 Å².